The maximum atomic E-state index is 13.5. The van der Waals surface area contributed by atoms with Crippen molar-refractivity contribution in [2.24, 2.45) is 13.0 Å². The molecule has 8 nitrogen and oxygen atoms in total. The van der Waals surface area contributed by atoms with Gasteiger partial charge in [-0.15, -0.1) is 0 Å². The number of hydrogen-bond donors (Lipinski definition) is 3. The predicted molar refractivity (Wildman–Crippen MR) is 133 cm³/mol. The van der Waals surface area contributed by atoms with Crippen molar-refractivity contribution >= 4 is 17.7 Å². The van der Waals surface area contributed by atoms with Crippen LogP contribution in [0.4, 0.5) is 8.78 Å². The molecule has 2 aliphatic rings. The molecule has 1 aliphatic carbocycles. The number of pyridine rings is 2. The van der Waals surface area contributed by atoms with Gasteiger partial charge in [-0.05, 0) is 31.0 Å². The summed E-state index contributed by atoms with van der Waals surface area (Å²) < 4.78 is 34.3. The van der Waals surface area contributed by atoms with E-state index in [0.29, 0.717) is 22.7 Å². The van der Waals surface area contributed by atoms with Crippen LogP contribution in [0.3, 0.4) is 0 Å². The summed E-state index contributed by atoms with van der Waals surface area (Å²) in [6, 6.07) is 4.83. The smallest absolute Gasteiger partial charge is 0.280 e. The van der Waals surface area contributed by atoms with Crippen molar-refractivity contribution in [1.82, 2.24) is 30.7 Å². The van der Waals surface area contributed by atoms with E-state index < -0.39 is 23.5 Å². The number of methoxy groups -OCH3 is 1. The highest BCUT2D eigenvalue weighted by molar-refractivity contribution is 8.00. The van der Waals surface area contributed by atoms with Crippen LogP contribution in [0.25, 0.3) is 22.4 Å². The Hall–Kier alpha value is -3.46. The van der Waals surface area contributed by atoms with Gasteiger partial charge in [0.25, 0.3) is 12.3 Å². The average molecular weight is 511 g/mol. The van der Waals surface area contributed by atoms with Crippen molar-refractivity contribution in [3.05, 3.63) is 54.2 Å². The van der Waals surface area contributed by atoms with Gasteiger partial charge in [-0.2, -0.15) is 0 Å². The number of nitrogens with one attached hydrogen (secondary N) is 3. The Morgan fingerprint density at radius 2 is 2.06 bits per heavy atom. The van der Waals surface area contributed by atoms with Crippen molar-refractivity contribution in [1.29, 1.82) is 0 Å². The topological polar surface area (TPSA) is 93.1 Å². The maximum absolute atomic E-state index is 13.5. The van der Waals surface area contributed by atoms with Crippen molar-refractivity contribution in [2.45, 2.75) is 30.1 Å². The van der Waals surface area contributed by atoms with Crippen LogP contribution >= 0.6 is 11.8 Å². The molecule has 3 aromatic heterocycles. The molecule has 1 amide bonds. The Balaban J connectivity index is 1.49. The predicted octanol–water partition coefficient (Wildman–Crippen LogP) is 3.69. The Morgan fingerprint density at radius 1 is 1.22 bits per heavy atom. The van der Waals surface area contributed by atoms with E-state index in [1.807, 2.05) is 30.1 Å². The molecule has 186 valence electrons. The number of aryl methyl sites for hydroxylation is 1. The van der Waals surface area contributed by atoms with E-state index in [4.69, 9.17) is 4.74 Å². The van der Waals surface area contributed by atoms with E-state index in [2.05, 4.69) is 38.0 Å². The zero-order chi connectivity index (χ0) is 25.2. The van der Waals surface area contributed by atoms with Crippen LogP contribution in [-0.2, 0) is 7.05 Å². The summed E-state index contributed by atoms with van der Waals surface area (Å²) in [4.78, 5) is 21.6. The number of rotatable bonds is 6. The lowest BCUT2D eigenvalue weighted by molar-refractivity contribution is 0.0945. The zero-order valence-corrected chi connectivity index (χ0v) is 20.4. The molecule has 1 aliphatic heterocycles. The summed E-state index contributed by atoms with van der Waals surface area (Å²) >= 11 is 1.44. The number of hydrogen-bond acceptors (Lipinski definition) is 7. The summed E-state index contributed by atoms with van der Waals surface area (Å²) in [6.07, 6.45) is 5.94. The number of aromatic nitrogens is 3. The summed E-state index contributed by atoms with van der Waals surface area (Å²) in [5.74, 6) is 6.70. The van der Waals surface area contributed by atoms with Crippen LogP contribution in [0.15, 0.2) is 43.0 Å². The average Bonchev–Trinajstić information content (AvgIpc) is 3.44. The van der Waals surface area contributed by atoms with Gasteiger partial charge in [0.2, 0.25) is 0 Å². The molecule has 3 aromatic rings. The molecule has 2 fully saturated rings. The Bertz CT molecular complexity index is 1350. The zero-order valence-electron chi connectivity index (χ0n) is 19.6. The molecule has 11 heteroatoms. The number of hydrazine groups is 1. The van der Waals surface area contributed by atoms with Gasteiger partial charge in [-0.1, -0.05) is 23.6 Å². The van der Waals surface area contributed by atoms with E-state index >= 15 is 0 Å². The third-order valence-corrected chi connectivity index (χ3v) is 6.79. The summed E-state index contributed by atoms with van der Waals surface area (Å²) in [5.41, 5.74) is 7.59. The molecule has 0 bridgehead atoms. The molecule has 2 atom stereocenters. The number of carbonyl (C=O) groups excluding carboxylic acids is 1. The minimum absolute atomic E-state index is 0.150. The lowest BCUT2D eigenvalue weighted by Gasteiger charge is -2.17. The highest BCUT2D eigenvalue weighted by atomic mass is 32.2. The van der Waals surface area contributed by atoms with Crippen molar-refractivity contribution < 1.29 is 18.3 Å². The van der Waals surface area contributed by atoms with E-state index in [9.17, 15) is 13.6 Å². The van der Waals surface area contributed by atoms with Gasteiger partial charge in [0.05, 0.1) is 24.6 Å². The van der Waals surface area contributed by atoms with Gasteiger partial charge in [-0.25, -0.2) is 19.6 Å². The normalized spacial score (nSPS) is 19.1. The fraction of sp³-hybridized carbons (Fsp3) is 0.320. The summed E-state index contributed by atoms with van der Waals surface area (Å²) in [5, 5.41) is 2.76. The van der Waals surface area contributed by atoms with Crippen LogP contribution in [0.2, 0.25) is 0 Å². The summed E-state index contributed by atoms with van der Waals surface area (Å²) in [7, 11) is 3.31. The molecule has 0 aromatic carbocycles. The van der Waals surface area contributed by atoms with Crippen LogP contribution in [0.5, 0.6) is 5.75 Å². The number of halogens is 2. The Morgan fingerprint density at radius 3 is 2.75 bits per heavy atom. The van der Waals surface area contributed by atoms with E-state index in [1.54, 1.807) is 6.07 Å². The summed E-state index contributed by atoms with van der Waals surface area (Å²) in [6.45, 7) is 0. The van der Waals surface area contributed by atoms with Crippen molar-refractivity contribution in [3.63, 3.8) is 0 Å². The standard InChI is InChI=1S/C25H24F2N6O2S/c1-33-8-7-15(13-33)19-9-16(17-10-20(23(26)27)29-12-21(17)35-2)18(11-28-19)24(34)30-25-32-31-22(36-25)6-5-14-3-4-14/h7-14,22-23,25,31-32H,3-4H2,1-2H3,(H,30,34). The molecule has 0 radical (unpaired) electrons. The maximum Gasteiger partial charge on any atom is 0.280 e. The second-order valence-electron chi connectivity index (χ2n) is 8.51. The molecule has 1 saturated carbocycles. The highest BCUT2D eigenvalue weighted by Crippen LogP contribution is 2.36. The van der Waals surface area contributed by atoms with E-state index in [0.717, 1.165) is 18.4 Å². The van der Waals surface area contributed by atoms with Crippen LogP contribution in [0, 0.1) is 17.8 Å². The number of nitrogens with zero attached hydrogens (tertiary/aromatic N) is 3. The first-order valence-electron chi connectivity index (χ1n) is 11.3. The number of thioether (sulfide) groups is 1. The highest BCUT2D eigenvalue weighted by Gasteiger charge is 2.28. The fourth-order valence-electron chi connectivity index (χ4n) is 3.74. The molecule has 5 rings (SSSR count). The minimum Gasteiger partial charge on any atom is -0.494 e. The second kappa shape index (κ2) is 10.3. The van der Waals surface area contributed by atoms with Gasteiger partial charge in [0.15, 0.2) is 0 Å². The largest absolute Gasteiger partial charge is 0.494 e. The van der Waals surface area contributed by atoms with Crippen molar-refractivity contribution in [3.8, 4) is 40.0 Å². The number of ether oxygens (including phenoxy) is 1. The molecular formula is C25H24F2N6O2S. The SMILES string of the molecule is COc1cnc(C(F)F)cc1-c1cc(-c2ccn(C)c2)ncc1C(=O)NC1NNC(C#CC2CC2)S1. The lowest BCUT2D eigenvalue weighted by Crippen LogP contribution is -2.43. The third kappa shape index (κ3) is 5.36. The molecular weight excluding hydrogens is 486 g/mol. The second-order valence-corrected chi connectivity index (χ2v) is 9.73. The van der Waals surface area contributed by atoms with E-state index in [1.165, 1.54) is 37.3 Å². The third-order valence-electron chi connectivity index (χ3n) is 5.77. The van der Waals surface area contributed by atoms with Gasteiger partial charge in [-0.3, -0.25) is 14.8 Å². The van der Waals surface area contributed by atoms with Crippen LogP contribution in [-0.4, -0.2) is 38.4 Å². The Labute approximate surface area is 211 Å². The molecule has 36 heavy (non-hydrogen) atoms. The first-order chi connectivity index (χ1) is 17.4. The monoisotopic (exact) mass is 510 g/mol. The van der Waals surface area contributed by atoms with Gasteiger partial charge < -0.3 is 14.6 Å². The van der Waals surface area contributed by atoms with Gasteiger partial charge in [0.1, 0.15) is 22.3 Å². The Kier molecular flexibility index (Phi) is 6.91. The van der Waals surface area contributed by atoms with Gasteiger partial charge in [0, 0.05) is 48.2 Å². The van der Waals surface area contributed by atoms with Gasteiger partial charge >= 0.3 is 0 Å². The molecule has 1 saturated heterocycles. The molecule has 2 unspecified atom stereocenters. The minimum atomic E-state index is -2.78. The molecule has 0 spiro atoms. The van der Waals surface area contributed by atoms with Crippen molar-refractivity contribution in [2.75, 3.05) is 7.11 Å². The van der Waals surface area contributed by atoms with E-state index in [-0.39, 0.29) is 16.7 Å². The molecule has 3 N–H and O–H groups in total. The number of amides is 1. The fourth-order valence-corrected chi connectivity index (χ4v) is 4.59. The quantitative estimate of drug-likeness (QED) is 0.436. The van der Waals surface area contributed by atoms with Crippen LogP contribution in [0.1, 0.15) is 35.3 Å². The number of alkyl halides is 2. The lowest BCUT2D eigenvalue weighted by atomic mass is 9.98. The van der Waals surface area contributed by atoms with Crippen LogP contribution < -0.4 is 20.9 Å². The first kappa shape index (κ1) is 24.2. The first-order valence-corrected chi connectivity index (χ1v) is 12.3. The number of carbonyl (C=O) groups is 1. The molecule has 4 heterocycles.